The average Bonchev–Trinajstić information content (AvgIpc) is 3.23. The first kappa shape index (κ1) is 26.3. The molecule has 39 heavy (non-hydrogen) atoms. The van der Waals surface area contributed by atoms with Gasteiger partial charge < -0.3 is 9.47 Å². The third kappa shape index (κ3) is 5.34. The van der Waals surface area contributed by atoms with Gasteiger partial charge >= 0.3 is 11.9 Å². The van der Waals surface area contributed by atoms with Gasteiger partial charge in [0.2, 0.25) is 0 Å². The number of aromatic nitrogens is 1. The molecule has 2 heterocycles. The largest absolute Gasteiger partial charge is 0.463 e. The van der Waals surface area contributed by atoms with Crippen molar-refractivity contribution < 1.29 is 19.1 Å². The van der Waals surface area contributed by atoms with E-state index in [-0.39, 0.29) is 17.7 Å². The Hall–Kier alpha value is -4.27. The Morgan fingerprint density at radius 3 is 2.38 bits per heavy atom. The van der Waals surface area contributed by atoms with Crippen molar-refractivity contribution >= 4 is 41.0 Å². The van der Waals surface area contributed by atoms with Crippen molar-refractivity contribution in [3.8, 4) is 5.75 Å². The van der Waals surface area contributed by atoms with Gasteiger partial charge in [0.1, 0.15) is 5.75 Å². The van der Waals surface area contributed by atoms with E-state index in [0.717, 1.165) is 11.1 Å². The number of fused-ring (bicyclic) bond motifs is 1. The molecule has 0 saturated heterocycles. The molecule has 0 N–H and O–H groups in total. The summed E-state index contributed by atoms with van der Waals surface area (Å²) in [5, 5.41) is 0.310. The summed E-state index contributed by atoms with van der Waals surface area (Å²) in [6.07, 6.45) is 1.74. The van der Waals surface area contributed by atoms with Gasteiger partial charge in [-0.15, -0.1) is 0 Å². The molecule has 1 aromatic heterocycles. The third-order valence-electron chi connectivity index (χ3n) is 6.11. The van der Waals surface area contributed by atoms with Crippen molar-refractivity contribution in [1.82, 2.24) is 4.57 Å². The van der Waals surface area contributed by atoms with Crippen LogP contribution >= 0.6 is 22.9 Å². The molecule has 9 heteroatoms. The van der Waals surface area contributed by atoms with Crippen LogP contribution in [0.3, 0.4) is 0 Å². The number of hydrogen-bond acceptors (Lipinski definition) is 7. The van der Waals surface area contributed by atoms with Crippen molar-refractivity contribution in [1.29, 1.82) is 0 Å². The van der Waals surface area contributed by atoms with Crippen LogP contribution in [0.1, 0.15) is 41.4 Å². The van der Waals surface area contributed by atoms with Gasteiger partial charge in [-0.05, 0) is 55.3 Å². The smallest absolute Gasteiger partial charge is 0.345 e. The maximum absolute atomic E-state index is 13.7. The van der Waals surface area contributed by atoms with Crippen LogP contribution in [-0.4, -0.2) is 23.1 Å². The Labute approximate surface area is 232 Å². The third-order valence-corrected chi connectivity index (χ3v) is 7.43. The van der Waals surface area contributed by atoms with Gasteiger partial charge in [-0.2, -0.15) is 0 Å². The topological polar surface area (TPSA) is 87.0 Å². The molecule has 0 bridgehead atoms. The number of hydrogen-bond donors (Lipinski definition) is 0. The predicted octanol–water partition coefficient (Wildman–Crippen LogP) is 4.67. The second-order valence-corrected chi connectivity index (χ2v) is 10.1. The molecule has 0 saturated carbocycles. The highest BCUT2D eigenvalue weighted by Crippen LogP contribution is 2.30. The lowest BCUT2D eigenvalue weighted by molar-refractivity contribution is -0.139. The van der Waals surface area contributed by atoms with E-state index >= 15 is 0 Å². The maximum Gasteiger partial charge on any atom is 0.345 e. The standard InChI is InChI=1S/C30H23ClN2O5S/c1-3-37-29(36)25-18(2)32-30-33(26(25)20-9-5-4-6-10-20)27(34)24(39-30)17-19-13-15-21(16-14-19)38-28(35)22-11-7-8-12-23(22)31/h4-17,26H,3H2,1-2H3/t26-/m1/s1. The van der Waals surface area contributed by atoms with Crippen molar-refractivity contribution in [2.45, 2.75) is 19.9 Å². The van der Waals surface area contributed by atoms with E-state index in [1.807, 2.05) is 30.3 Å². The molecular formula is C30H23ClN2O5S. The summed E-state index contributed by atoms with van der Waals surface area (Å²) in [6.45, 7) is 3.71. The Morgan fingerprint density at radius 2 is 1.69 bits per heavy atom. The van der Waals surface area contributed by atoms with E-state index in [1.165, 1.54) is 11.3 Å². The van der Waals surface area contributed by atoms with E-state index in [0.29, 0.717) is 31.4 Å². The minimum Gasteiger partial charge on any atom is -0.463 e. The molecule has 1 aliphatic heterocycles. The minimum atomic E-state index is -0.657. The number of thiazole rings is 1. The highest BCUT2D eigenvalue weighted by atomic mass is 35.5. The monoisotopic (exact) mass is 558 g/mol. The molecule has 0 aliphatic carbocycles. The number of allylic oxidation sites excluding steroid dienone is 1. The number of carbonyl (C=O) groups excluding carboxylic acids is 2. The van der Waals surface area contributed by atoms with Crippen molar-refractivity contribution in [2.24, 2.45) is 4.99 Å². The molecule has 7 nitrogen and oxygen atoms in total. The first-order valence-corrected chi connectivity index (χ1v) is 13.4. The first-order valence-electron chi connectivity index (χ1n) is 12.2. The molecule has 0 spiro atoms. The molecule has 196 valence electrons. The quantitative estimate of drug-likeness (QED) is 0.253. The molecule has 1 atom stereocenters. The summed E-state index contributed by atoms with van der Waals surface area (Å²) < 4.78 is 12.8. The summed E-state index contributed by atoms with van der Waals surface area (Å²) in [5.41, 5.74) is 2.37. The zero-order chi connectivity index (χ0) is 27.5. The number of carbonyl (C=O) groups is 2. The summed E-state index contributed by atoms with van der Waals surface area (Å²) in [6, 6.07) is 22.2. The van der Waals surface area contributed by atoms with E-state index in [2.05, 4.69) is 4.99 Å². The molecule has 0 amide bonds. The SMILES string of the molecule is CCOC(=O)C1=C(C)N=c2sc(=Cc3ccc(OC(=O)c4ccccc4Cl)cc3)c(=O)n2[C@@H]1c1ccccc1. The van der Waals surface area contributed by atoms with Gasteiger partial charge in [0, 0.05) is 0 Å². The van der Waals surface area contributed by atoms with E-state index in [4.69, 9.17) is 21.1 Å². The second kappa shape index (κ2) is 11.2. The zero-order valence-electron chi connectivity index (χ0n) is 21.1. The highest BCUT2D eigenvalue weighted by Gasteiger charge is 2.33. The number of nitrogens with zero attached hydrogens (tertiary/aromatic N) is 2. The normalized spacial score (nSPS) is 14.9. The van der Waals surface area contributed by atoms with E-state index in [1.54, 1.807) is 73.0 Å². The Bertz CT molecular complexity index is 1770. The van der Waals surface area contributed by atoms with E-state index < -0.39 is 18.0 Å². The fourth-order valence-corrected chi connectivity index (χ4v) is 5.57. The van der Waals surface area contributed by atoms with Crippen LogP contribution < -0.4 is 19.6 Å². The van der Waals surface area contributed by atoms with Gasteiger partial charge in [-0.1, -0.05) is 77.5 Å². The van der Waals surface area contributed by atoms with Crippen LogP contribution in [0.15, 0.2) is 99.9 Å². The van der Waals surface area contributed by atoms with Crippen LogP contribution in [0.2, 0.25) is 5.02 Å². The molecule has 3 aromatic carbocycles. The summed E-state index contributed by atoms with van der Waals surface area (Å²) in [4.78, 5) is 44.1. The molecule has 5 rings (SSSR count). The second-order valence-electron chi connectivity index (χ2n) is 8.65. The first-order chi connectivity index (χ1) is 18.9. The molecule has 0 fully saturated rings. The lowest BCUT2D eigenvalue weighted by atomic mass is 9.96. The average molecular weight is 559 g/mol. The Balaban J connectivity index is 1.50. The van der Waals surface area contributed by atoms with Crippen LogP contribution in [0, 0.1) is 0 Å². The fourth-order valence-electron chi connectivity index (χ4n) is 4.31. The van der Waals surface area contributed by atoms with Crippen molar-refractivity contribution in [3.05, 3.63) is 132 Å². The van der Waals surface area contributed by atoms with E-state index in [9.17, 15) is 14.4 Å². The van der Waals surface area contributed by atoms with Gasteiger partial charge in [0.25, 0.3) is 5.56 Å². The molecule has 1 aliphatic rings. The lowest BCUT2D eigenvalue weighted by Crippen LogP contribution is -2.39. The Kier molecular flexibility index (Phi) is 7.58. The predicted molar refractivity (Wildman–Crippen MR) is 150 cm³/mol. The number of rotatable bonds is 6. The van der Waals surface area contributed by atoms with Gasteiger partial charge in [0.15, 0.2) is 4.80 Å². The van der Waals surface area contributed by atoms with Crippen molar-refractivity contribution in [3.63, 3.8) is 0 Å². The minimum absolute atomic E-state index is 0.214. The number of halogens is 1. The van der Waals surface area contributed by atoms with Crippen LogP contribution in [0.25, 0.3) is 6.08 Å². The molecular weight excluding hydrogens is 536 g/mol. The van der Waals surface area contributed by atoms with Crippen LogP contribution in [0.4, 0.5) is 0 Å². The summed E-state index contributed by atoms with van der Waals surface area (Å²) in [7, 11) is 0. The molecule has 0 radical (unpaired) electrons. The van der Waals surface area contributed by atoms with Crippen molar-refractivity contribution in [2.75, 3.05) is 6.61 Å². The zero-order valence-corrected chi connectivity index (χ0v) is 22.7. The fraction of sp³-hybridized carbons (Fsp3) is 0.133. The summed E-state index contributed by atoms with van der Waals surface area (Å²) >= 11 is 7.33. The summed E-state index contributed by atoms with van der Waals surface area (Å²) in [5.74, 6) is -0.712. The number of ether oxygens (including phenoxy) is 2. The van der Waals surface area contributed by atoms with Gasteiger partial charge in [-0.3, -0.25) is 9.36 Å². The number of benzene rings is 3. The van der Waals surface area contributed by atoms with Gasteiger partial charge in [-0.25, -0.2) is 14.6 Å². The molecule has 4 aromatic rings. The Morgan fingerprint density at radius 1 is 1.00 bits per heavy atom. The number of esters is 2. The van der Waals surface area contributed by atoms with Gasteiger partial charge in [0.05, 0.1) is 39.0 Å². The van der Waals surface area contributed by atoms with Crippen LogP contribution in [-0.2, 0) is 9.53 Å². The lowest BCUT2D eigenvalue weighted by Gasteiger charge is -2.24. The molecule has 0 unspecified atom stereocenters. The maximum atomic E-state index is 13.7. The highest BCUT2D eigenvalue weighted by molar-refractivity contribution is 7.07. The van der Waals surface area contributed by atoms with Crippen LogP contribution in [0.5, 0.6) is 5.75 Å².